The van der Waals surface area contributed by atoms with Gasteiger partial charge in [0.25, 0.3) is 0 Å². The van der Waals surface area contributed by atoms with Crippen LogP contribution in [0.25, 0.3) is 0 Å². The van der Waals surface area contributed by atoms with Crippen molar-refractivity contribution in [3.63, 3.8) is 0 Å². The van der Waals surface area contributed by atoms with Crippen LogP contribution in [0.5, 0.6) is 0 Å². The van der Waals surface area contributed by atoms with Crippen molar-refractivity contribution < 1.29 is 9.53 Å². The Bertz CT molecular complexity index is 534. The molecule has 25 heavy (non-hydrogen) atoms. The van der Waals surface area contributed by atoms with Gasteiger partial charge >= 0.3 is 6.09 Å². The lowest BCUT2D eigenvalue weighted by atomic mass is 9.84. The van der Waals surface area contributed by atoms with Gasteiger partial charge in [-0.25, -0.2) is 4.79 Å². The Kier molecular flexibility index (Phi) is 7.83. The third kappa shape index (κ3) is 7.20. The number of rotatable bonds is 7. The molecule has 0 spiro atoms. The highest BCUT2D eigenvalue weighted by molar-refractivity contribution is 5.67. The van der Waals surface area contributed by atoms with Crippen molar-refractivity contribution in [3.8, 4) is 0 Å². The summed E-state index contributed by atoms with van der Waals surface area (Å²) in [6.07, 6.45) is 9.72. The molecular formula is C21H32N2O2. The van der Waals surface area contributed by atoms with Gasteiger partial charge in [-0.15, -0.1) is 0 Å². The Labute approximate surface area is 152 Å². The van der Waals surface area contributed by atoms with Crippen LogP contribution in [0.2, 0.25) is 0 Å². The number of allylic oxidation sites excluding steroid dienone is 1. The molecule has 1 aromatic rings. The predicted octanol–water partition coefficient (Wildman–Crippen LogP) is 4.72. The predicted molar refractivity (Wildman–Crippen MR) is 102 cm³/mol. The summed E-state index contributed by atoms with van der Waals surface area (Å²) in [4.78, 5) is 14.2. The number of alkyl carbamates (subject to hydrolysis) is 1. The largest absolute Gasteiger partial charge is 0.445 e. The second-order valence-electron chi connectivity index (χ2n) is 7.30. The molecule has 2 rings (SSSR count). The molecule has 1 amide bonds. The zero-order chi connectivity index (χ0) is 18.1. The molecule has 1 aromatic carbocycles. The van der Waals surface area contributed by atoms with Crippen LogP contribution in [0.15, 0.2) is 42.6 Å². The van der Waals surface area contributed by atoms with Crippen LogP contribution in [0, 0.1) is 5.92 Å². The fourth-order valence-electron chi connectivity index (χ4n) is 3.07. The number of amides is 1. The van der Waals surface area contributed by atoms with Crippen LogP contribution >= 0.6 is 0 Å². The van der Waals surface area contributed by atoms with Gasteiger partial charge in [0.2, 0.25) is 0 Å². The third-order valence-corrected chi connectivity index (χ3v) is 5.01. The Morgan fingerprint density at radius 3 is 2.56 bits per heavy atom. The molecule has 4 heteroatoms. The van der Waals surface area contributed by atoms with Crippen LogP contribution in [0.1, 0.15) is 51.5 Å². The van der Waals surface area contributed by atoms with E-state index in [9.17, 15) is 4.79 Å². The highest BCUT2D eigenvalue weighted by Crippen LogP contribution is 2.27. The molecule has 1 saturated carbocycles. The van der Waals surface area contributed by atoms with Gasteiger partial charge in [-0.1, -0.05) is 36.4 Å². The first-order valence-electron chi connectivity index (χ1n) is 9.40. The van der Waals surface area contributed by atoms with Crippen LogP contribution in [0.4, 0.5) is 4.79 Å². The summed E-state index contributed by atoms with van der Waals surface area (Å²) in [5.74, 6) is 0.732. The molecule has 138 valence electrons. The van der Waals surface area contributed by atoms with Crippen molar-refractivity contribution in [2.24, 2.45) is 5.92 Å². The minimum absolute atomic E-state index is 0.252. The maximum Gasteiger partial charge on any atom is 0.407 e. The molecule has 4 nitrogen and oxygen atoms in total. The quantitative estimate of drug-likeness (QED) is 0.778. The minimum Gasteiger partial charge on any atom is -0.445 e. The number of hydrogen-bond acceptors (Lipinski definition) is 3. The molecule has 0 heterocycles. The molecule has 0 atom stereocenters. The number of benzene rings is 1. The number of ether oxygens (including phenoxy) is 1. The van der Waals surface area contributed by atoms with Gasteiger partial charge in [0.1, 0.15) is 6.61 Å². The summed E-state index contributed by atoms with van der Waals surface area (Å²) in [7, 11) is 2.11. The fraction of sp³-hybridized carbons (Fsp3) is 0.571. The normalized spacial score (nSPS) is 20.6. The molecule has 0 aliphatic heterocycles. The lowest BCUT2D eigenvalue weighted by Gasteiger charge is -2.28. The Hall–Kier alpha value is -1.97. The van der Waals surface area contributed by atoms with E-state index in [-0.39, 0.29) is 12.1 Å². The summed E-state index contributed by atoms with van der Waals surface area (Å²) < 4.78 is 5.30. The highest BCUT2D eigenvalue weighted by atomic mass is 16.5. The molecular weight excluding hydrogens is 312 g/mol. The number of carbonyl (C=O) groups is 1. The lowest BCUT2D eigenvalue weighted by molar-refractivity contribution is 0.131. The summed E-state index contributed by atoms with van der Waals surface area (Å²) >= 11 is 0. The zero-order valence-electron chi connectivity index (χ0n) is 15.8. The molecule has 0 bridgehead atoms. The fourth-order valence-corrected chi connectivity index (χ4v) is 3.07. The van der Waals surface area contributed by atoms with Gasteiger partial charge in [-0.2, -0.15) is 0 Å². The lowest BCUT2D eigenvalue weighted by Crippen LogP contribution is -2.37. The summed E-state index contributed by atoms with van der Waals surface area (Å²) in [5, 5.41) is 3.01. The second kappa shape index (κ2) is 10.1. The number of hydrogen-bond donors (Lipinski definition) is 1. The zero-order valence-corrected chi connectivity index (χ0v) is 15.8. The van der Waals surface area contributed by atoms with E-state index in [2.05, 4.69) is 43.4 Å². The number of nitrogens with zero attached hydrogens (tertiary/aromatic N) is 1. The molecule has 0 radical (unpaired) electrons. The minimum atomic E-state index is -0.300. The van der Waals surface area contributed by atoms with E-state index >= 15 is 0 Å². The smallest absolute Gasteiger partial charge is 0.407 e. The maximum atomic E-state index is 11.9. The molecule has 1 N–H and O–H groups in total. The van der Waals surface area contributed by atoms with Gasteiger partial charge in [-0.3, -0.25) is 0 Å². The summed E-state index contributed by atoms with van der Waals surface area (Å²) in [6.45, 7) is 4.71. The van der Waals surface area contributed by atoms with Gasteiger partial charge in [-0.05, 0) is 63.6 Å². The number of carbonyl (C=O) groups excluding carboxylic acids is 1. The Morgan fingerprint density at radius 1 is 1.24 bits per heavy atom. The van der Waals surface area contributed by atoms with E-state index in [1.165, 1.54) is 12.8 Å². The monoisotopic (exact) mass is 344 g/mol. The van der Waals surface area contributed by atoms with Gasteiger partial charge in [0.15, 0.2) is 0 Å². The Balaban J connectivity index is 1.62. The first-order valence-corrected chi connectivity index (χ1v) is 9.40. The van der Waals surface area contributed by atoms with Gasteiger partial charge < -0.3 is 15.0 Å². The van der Waals surface area contributed by atoms with Crippen molar-refractivity contribution in [2.75, 3.05) is 7.05 Å². The molecule has 0 unspecified atom stereocenters. The highest BCUT2D eigenvalue weighted by Gasteiger charge is 2.22. The van der Waals surface area contributed by atoms with Gasteiger partial charge in [0.05, 0.1) is 0 Å². The second-order valence-corrected chi connectivity index (χ2v) is 7.30. The van der Waals surface area contributed by atoms with E-state index in [0.717, 1.165) is 30.7 Å². The van der Waals surface area contributed by atoms with E-state index in [0.29, 0.717) is 12.6 Å². The molecule has 1 fully saturated rings. The van der Waals surface area contributed by atoms with Crippen molar-refractivity contribution in [3.05, 3.63) is 48.2 Å². The van der Waals surface area contributed by atoms with Crippen molar-refractivity contribution in [2.45, 2.75) is 64.6 Å². The topological polar surface area (TPSA) is 41.6 Å². The van der Waals surface area contributed by atoms with E-state index < -0.39 is 0 Å². The van der Waals surface area contributed by atoms with E-state index in [1.807, 2.05) is 30.3 Å². The number of nitrogens with one attached hydrogen (secondary N) is 1. The average Bonchev–Trinajstić information content (AvgIpc) is 2.62. The van der Waals surface area contributed by atoms with Crippen molar-refractivity contribution >= 4 is 6.09 Å². The van der Waals surface area contributed by atoms with Crippen LogP contribution in [0.3, 0.4) is 0 Å². The Morgan fingerprint density at radius 2 is 1.92 bits per heavy atom. The first kappa shape index (κ1) is 19.4. The van der Waals surface area contributed by atoms with Crippen molar-refractivity contribution in [1.82, 2.24) is 10.2 Å². The first-order chi connectivity index (χ1) is 12.0. The van der Waals surface area contributed by atoms with E-state index in [4.69, 9.17) is 4.74 Å². The van der Waals surface area contributed by atoms with Crippen molar-refractivity contribution in [1.29, 1.82) is 0 Å². The average molecular weight is 344 g/mol. The maximum absolute atomic E-state index is 11.9. The summed E-state index contributed by atoms with van der Waals surface area (Å²) in [6, 6.07) is 10.6. The van der Waals surface area contributed by atoms with E-state index in [1.54, 1.807) is 0 Å². The van der Waals surface area contributed by atoms with Crippen LogP contribution in [-0.2, 0) is 11.3 Å². The third-order valence-electron chi connectivity index (χ3n) is 5.01. The van der Waals surface area contributed by atoms with Crippen LogP contribution in [-0.4, -0.2) is 30.1 Å². The molecule has 0 saturated heterocycles. The summed E-state index contributed by atoms with van der Waals surface area (Å²) in [5.41, 5.74) is 1.01. The van der Waals surface area contributed by atoms with Gasteiger partial charge in [0, 0.05) is 19.1 Å². The van der Waals surface area contributed by atoms with Crippen LogP contribution < -0.4 is 5.32 Å². The molecule has 0 aromatic heterocycles. The molecule has 1 aliphatic carbocycles. The standard InChI is InChI=1S/C21H32N2O2/c1-17(2)23(3)15-7-10-18-11-13-20(14-12-18)22-21(24)25-16-19-8-5-4-6-9-19/h4-9,15,17-18,20H,10-14,16H2,1-3H3,(H,22,24). The SMILES string of the molecule is CC(C)N(C)C=CCC1CCC(NC(=O)OCc2ccccc2)CC1. The molecule has 1 aliphatic rings.